The van der Waals surface area contributed by atoms with E-state index < -0.39 is 0 Å². The van der Waals surface area contributed by atoms with Gasteiger partial charge in [-0.05, 0) is 43.5 Å². The molecule has 0 bridgehead atoms. The molecule has 5 aromatic rings. The number of aromatic nitrogens is 5. The standard InChI is InChI=1S/C21H20N5/c1-13-7-5-8-14(2)18(13)25-17-10-6-9-15(3)19(17)26-20-16(23-21(25)26)11-22-12-24(20)4/h5-12H,1-4H3/q+1. The van der Waals surface area contributed by atoms with Crippen molar-refractivity contribution in [3.05, 3.63) is 65.6 Å². The Morgan fingerprint density at radius 1 is 0.923 bits per heavy atom. The molecule has 0 atom stereocenters. The van der Waals surface area contributed by atoms with Gasteiger partial charge < -0.3 is 0 Å². The number of benzene rings is 2. The molecule has 0 N–H and O–H groups in total. The maximum absolute atomic E-state index is 4.96. The average Bonchev–Trinajstić information content (AvgIpc) is 3.11. The maximum Gasteiger partial charge on any atom is 0.282 e. The van der Waals surface area contributed by atoms with Crippen LogP contribution < -0.4 is 4.57 Å². The molecule has 3 heterocycles. The van der Waals surface area contributed by atoms with E-state index in [0.717, 1.165) is 16.9 Å². The molecular weight excluding hydrogens is 322 g/mol. The third-order valence-electron chi connectivity index (χ3n) is 5.18. The van der Waals surface area contributed by atoms with Crippen LogP contribution in [-0.4, -0.2) is 18.9 Å². The van der Waals surface area contributed by atoms with Gasteiger partial charge in [0.05, 0.1) is 18.3 Å². The van der Waals surface area contributed by atoms with E-state index in [1.165, 1.54) is 33.4 Å². The smallest absolute Gasteiger partial charge is 0.263 e. The molecule has 2 aromatic carbocycles. The molecule has 26 heavy (non-hydrogen) atoms. The first kappa shape index (κ1) is 15.1. The first-order chi connectivity index (χ1) is 12.6. The summed E-state index contributed by atoms with van der Waals surface area (Å²) in [4.78, 5) is 9.26. The molecule has 0 spiro atoms. The highest BCUT2D eigenvalue weighted by molar-refractivity contribution is 5.91. The topological polar surface area (TPSA) is 39.0 Å². The summed E-state index contributed by atoms with van der Waals surface area (Å²) >= 11 is 0. The summed E-state index contributed by atoms with van der Waals surface area (Å²) < 4.78 is 6.58. The Kier molecular flexibility index (Phi) is 2.98. The van der Waals surface area contributed by atoms with Crippen LogP contribution in [0, 0.1) is 20.8 Å². The van der Waals surface area contributed by atoms with Crippen LogP contribution in [0.15, 0.2) is 48.9 Å². The van der Waals surface area contributed by atoms with Crippen molar-refractivity contribution in [3.8, 4) is 5.69 Å². The predicted octanol–water partition coefficient (Wildman–Crippen LogP) is 3.58. The van der Waals surface area contributed by atoms with Crippen LogP contribution in [0.25, 0.3) is 33.7 Å². The quantitative estimate of drug-likeness (QED) is 0.437. The summed E-state index contributed by atoms with van der Waals surface area (Å²) in [5.41, 5.74) is 9.21. The summed E-state index contributed by atoms with van der Waals surface area (Å²) in [6.07, 6.45) is 3.67. The van der Waals surface area contributed by atoms with Gasteiger partial charge in [-0.15, -0.1) is 4.98 Å². The minimum Gasteiger partial charge on any atom is -0.263 e. The molecule has 0 radical (unpaired) electrons. The van der Waals surface area contributed by atoms with Crippen molar-refractivity contribution < 1.29 is 4.57 Å². The molecule has 0 aliphatic heterocycles. The van der Waals surface area contributed by atoms with Gasteiger partial charge in [-0.2, -0.15) is 9.38 Å². The fourth-order valence-electron chi connectivity index (χ4n) is 4.06. The summed E-state index contributed by atoms with van der Waals surface area (Å²) in [6, 6.07) is 12.9. The van der Waals surface area contributed by atoms with Crippen molar-refractivity contribution in [3.63, 3.8) is 0 Å². The molecule has 0 unspecified atom stereocenters. The number of para-hydroxylation sites is 2. The Morgan fingerprint density at radius 2 is 1.62 bits per heavy atom. The van der Waals surface area contributed by atoms with Crippen LogP contribution in [0.3, 0.4) is 0 Å². The Morgan fingerprint density at radius 3 is 2.38 bits per heavy atom. The highest BCUT2D eigenvalue weighted by Crippen LogP contribution is 2.32. The van der Waals surface area contributed by atoms with Crippen LogP contribution in [0.4, 0.5) is 0 Å². The number of rotatable bonds is 1. The number of hydrogen-bond acceptors (Lipinski definition) is 2. The molecule has 0 saturated carbocycles. The van der Waals surface area contributed by atoms with E-state index in [4.69, 9.17) is 4.98 Å². The summed E-state index contributed by atoms with van der Waals surface area (Å²) in [6.45, 7) is 6.47. The first-order valence-electron chi connectivity index (χ1n) is 8.76. The molecule has 0 aliphatic rings. The van der Waals surface area contributed by atoms with Crippen LogP contribution >= 0.6 is 0 Å². The largest absolute Gasteiger partial charge is 0.282 e. The second-order valence-corrected chi connectivity index (χ2v) is 6.98. The summed E-state index contributed by atoms with van der Waals surface area (Å²) in [5.74, 6) is 0.922. The highest BCUT2D eigenvalue weighted by atomic mass is 15.3. The van der Waals surface area contributed by atoms with Gasteiger partial charge in [-0.1, -0.05) is 30.3 Å². The van der Waals surface area contributed by atoms with Crippen LogP contribution in [0.5, 0.6) is 0 Å². The van der Waals surface area contributed by atoms with Gasteiger partial charge in [-0.25, -0.2) is 4.57 Å². The monoisotopic (exact) mass is 342 g/mol. The predicted molar refractivity (Wildman–Crippen MR) is 103 cm³/mol. The zero-order valence-corrected chi connectivity index (χ0v) is 15.4. The fraction of sp³-hybridized carbons (Fsp3) is 0.190. The lowest BCUT2D eigenvalue weighted by Crippen LogP contribution is -2.30. The minimum atomic E-state index is 0.898. The van der Waals surface area contributed by atoms with E-state index in [-0.39, 0.29) is 0 Å². The summed E-state index contributed by atoms with van der Waals surface area (Å²) in [5, 5.41) is 0. The van der Waals surface area contributed by atoms with Crippen LogP contribution in [0.2, 0.25) is 0 Å². The molecule has 0 amide bonds. The minimum absolute atomic E-state index is 0.898. The van der Waals surface area contributed by atoms with Crippen molar-refractivity contribution >= 4 is 28.0 Å². The molecule has 5 rings (SSSR count). The Hall–Kier alpha value is -3.21. The third kappa shape index (κ3) is 1.83. The third-order valence-corrected chi connectivity index (χ3v) is 5.18. The van der Waals surface area contributed by atoms with E-state index in [1.54, 1.807) is 0 Å². The molecule has 0 fully saturated rings. The Bertz CT molecular complexity index is 1300. The molecule has 5 nitrogen and oxygen atoms in total. The maximum atomic E-state index is 4.96. The fourth-order valence-corrected chi connectivity index (χ4v) is 4.06. The van der Waals surface area contributed by atoms with E-state index in [9.17, 15) is 0 Å². The number of hydrogen-bond donors (Lipinski definition) is 0. The normalized spacial score (nSPS) is 11.8. The number of aryl methyl sites for hydroxylation is 4. The number of nitrogens with zero attached hydrogens (tertiary/aromatic N) is 5. The molecule has 0 saturated heterocycles. The SMILES string of the molecule is Cc1cccc(C)c1-n1c2cccc(C)c2n2c1nc1cnc[n+](C)c12. The van der Waals surface area contributed by atoms with Gasteiger partial charge in [-0.3, -0.25) is 4.57 Å². The van der Waals surface area contributed by atoms with Gasteiger partial charge >= 0.3 is 0 Å². The van der Waals surface area contributed by atoms with Gasteiger partial charge in [0.25, 0.3) is 11.4 Å². The molecule has 5 heteroatoms. The van der Waals surface area contributed by atoms with E-state index in [2.05, 4.69) is 71.1 Å². The lowest BCUT2D eigenvalue weighted by atomic mass is 10.1. The van der Waals surface area contributed by atoms with Gasteiger partial charge in [0.15, 0.2) is 5.52 Å². The van der Waals surface area contributed by atoms with E-state index in [0.29, 0.717) is 0 Å². The van der Waals surface area contributed by atoms with Crippen molar-refractivity contribution in [2.45, 2.75) is 20.8 Å². The zero-order valence-electron chi connectivity index (χ0n) is 15.4. The van der Waals surface area contributed by atoms with Crippen LogP contribution in [-0.2, 0) is 7.05 Å². The average molecular weight is 342 g/mol. The van der Waals surface area contributed by atoms with E-state index in [1.807, 2.05) is 24.1 Å². The summed E-state index contributed by atoms with van der Waals surface area (Å²) in [7, 11) is 2.02. The van der Waals surface area contributed by atoms with Gasteiger partial charge in [0.1, 0.15) is 11.7 Å². The second kappa shape index (κ2) is 5.14. The lowest BCUT2D eigenvalue weighted by Gasteiger charge is -2.11. The van der Waals surface area contributed by atoms with E-state index >= 15 is 0 Å². The van der Waals surface area contributed by atoms with Crippen molar-refractivity contribution in [1.29, 1.82) is 0 Å². The number of fused-ring (bicyclic) bond motifs is 5. The number of imidazole rings is 2. The second-order valence-electron chi connectivity index (χ2n) is 6.98. The van der Waals surface area contributed by atoms with Crippen LogP contribution in [0.1, 0.15) is 16.7 Å². The van der Waals surface area contributed by atoms with Crippen molar-refractivity contribution in [2.75, 3.05) is 0 Å². The molecular formula is C21H20N5+. The van der Waals surface area contributed by atoms with Crippen molar-refractivity contribution in [1.82, 2.24) is 18.9 Å². The van der Waals surface area contributed by atoms with Gasteiger partial charge in [0, 0.05) is 0 Å². The Labute approximate surface area is 151 Å². The highest BCUT2D eigenvalue weighted by Gasteiger charge is 2.25. The first-order valence-corrected chi connectivity index (χ1v) is 8.76. The van der Waals surface area contributed by atoms with Gasteiger partial charge in [0.2, 0.25) is 6.33 Å². The Balaban J connectivity index is 2.12. The van der Waals surface area contributed by atoms with Crippen molar-refractivity contribution in [2.24, 2.45) is 7.05 Å². The molecule has 128 valence electrons. The molecule has 3 aromatic heterocycles. The molecule has 0 aliphatic carbocycles. The lowest BCUT2D eigenvalue weighted by molar-refractivity contribution is -0.650. The zero-order chi connectivity index (χ0) is 18.0.